The molecule has 2 aromatic heterocycles. The predicted molar refractivity (Wildman–Crippen MR) is 55.0 cm³/mol. The zero-order valence-electron chi connectivity index (χ0n) is 9.07. The molecule has 2 heterocycles. The number of carbonyl (C=O) groups excluding carboxylic acids is 1. The van der Waals surface area contributed by atoms with E-state index in [4.69, 9.17) is 0 Å². The molecular weight excluding hydrogens is 248 g/mol. The van der Waals surface area contributed by atoms with Crippen molar-refractivity contribution in [1.82, 2.24) is 20.2 Å². The molecule has 0 aliphatic rings. The molecule has 0 aliphatic heterocycles. The molecule has 2 aromatic rings. The number of amides is 1. The van der Waals surface area contributed by atoms with Gasteiger partial charge in [-0.2, -0.15) is 9.37 Å². The summed E-state index contributed by atoms with van der Waals surface area (Å²) in [5.41, 5.74) is -0.488. The Morgan fingerprint density at radius 1 is 1.50 bits per heavy atom. The molecule has 0 bridgehead atoms. The Labute approximate surface area is 99.2 Å². The van der Waals surface area contributed by atoms with Crippen LogP contribution < -0.4 is 10.1 Å². The molecule has 2 rings (SSSR count). The summed E-state index contributed by atoms with van der Waals surface area (Å²) in [5.74, 6) is -3.61. The van der Waals surface area contributed by atoms with Gasteiger partial charge in [-0.15, -0.1) is 5.10 Å². The maximum atomic E-state index is 13.3. The number of nitrogens with zero attached hydrogens (tertiary/aromatic N) is 3. The first kappa shape index (κ1) is 11.9. The Bertz CT molecular complexity index is 586. The quantitative estimate of drug-likeness (QED) is 0.789. The molecule has 1 amide bonds. The summed E-state index contributed by atoms with van der Waals surface area (Å²) >= 11 is 0. The van der Waals surface area contributed by atoms with E-state index in [1.165, 1.54) is 7.11 Å². The van der Waals surface area contributed by atoms with Crippen molar-refractivity contribution in [3.8, 4) is 6.01 Å². The number of ether oxygens (including phenoxy) is 1. The van der Waals surface area contributed by atoms with Gasteiger partial charge in [-0.05, 0) is 6.07 Å². The number of halogens is 2. The molecule has 7 nitrogen and oxygen atoms in total. The summed E-state index contributed by atoms with van der Waals surface area (Å²) in [4.78, 5) is 18.4. The fourth-order valence-corrected chi connectivity index (χ4v) is 1.16. The minimum atomic E-state index is -1.35. The van der Waals surface area contributed by atoms with Crippen molar-refractivity contribution < 1.29 is 18.3 Å². The fourth-order valence-electron chi connectivity index (χ4n) is 1.16. The van der Waals surface area contributed by atoms with E-state index in [0.29, 0.717) is 0 Å². The molecule has 0 atom stereocenters. The number of pyridine rings is 1. The maximum Gasteiger partial charge on any atom is 0.336 e. The lowest BCUT2D eigenvalue weighted by molar-refractivity contribution is 0.102. The smallest absolute Gasteiger partial charge is 0.336 e. The zero-order chi connectivity index (χ0) is 13.1. The third-order valence-corrected chi connectivity index (χ3v) is 1.97. The Morgan fingerprint density at radius 3 is 2.94 bits per heavy atom. The molecule has 94 valence electrons. The number of methoxy groups -OCH3 is 1. The average Bonchev–Trinajstić information content (AvgIpc) is 2.80. The van der Waals surface area contributed by atoms with Crippen LogP contribution in [0.25, 0.3) is 0 Å². The minimum Gasteiger partial charge on any atom is -0.466 e. The normalized spacial score (nSPS) is 10.2. The first-order chi connectivity index (χ1) is 8.61. The van der Waals surface area contributed by atoms with Gasteiger partial charge < -0.3 is 4.74 Å². The highest BCUT2D eigenvalue weighted by atomic mass is 19.2. The highest BCUT2D eigenvalue weighted by Gasteiger charge is 2.17. The molecule has 18 heavy (non-hydrogen) atoms. The second-order valence-corrected chi connectivity index (χ2v) is 3.09. The number of rotatable bonds is 3. The molecule has 0 saturated carbocycles. The number of nitrogens with one attached hydrogen (secondary N) is 2. The Hall–Kier alpha value is -2.58. The van der Waals surface area contributed by atoms with E-state index in [2.05, 4.69) is 30.2 Å². The SMILES string of the molecule is COc1n[nH]c(NC(=O)c2ccnc(F)c2F)n1. The van der Waals surface area contributed by atoms with Gasteiger partial charge in [-0.3, -0.25) is 10.1 Å². The Morgan fingerprint density at radius 2 is 2.28 bits per heavy atom. The summed E-state index contributed by atoms with van der Waals surface area (Å²) in [5, 5.41) is 8.11. The third-order valence-electron chi connectivity index (χ3n) is 1.97. The summed E-state index contributed by atoms with van der Waals surface area (Å²) in [7, 11) is 1.34. The zero-order valence-corrected chi connectivity index (χ0v) is 9.07. The minimum absolute atomic E-state index is 0.00619. The van der Waals surface area contributed by atoms with E-state index in [1.807, 2.05) is 0 Å². The molecule has 0 aliphatic carbocycles. The largest absolute Gasteiger partial charge is 0.466 e. The van der Waals surface area contributed by atoms with Crippen molar-refractivity contribution in [3.63, 3.8) is 0 Å². The van der Waals surface area contributed by atoms with E-state index in [-0.39, 0.29) is 12.0 Å². The molecular formula is C9H7F2N5O2. The number of carbonyl (C=O) groups is 1. The first-order valence-electron chi connectivity index (χ1n) is 4.69. The Kier molecular flexibility index (Phi) is 3.13. The first-order valence-corrected chi connectivity index (χ1v) is 4.69. The van der Waals surface area contributed by atoms with Crippen LogP contribution in [0.2, 0.25) is 0 Å². The highest BCUT2D eigenvalue weighted by Crippen LogP contribution is 2.11. The number of aromatic nitrogens is 4. The van der Waals surface area contributed by atoms with E-state index >= 15 is 0 Å². The van der Waals surface area contributed by atoms with Crippen molar-refractivity contribution in [2.45, 2.75) is 0 Å². The van der Waals surface area contributed by atoms with Crippen LogP contribution in [0.1, 0.15) is 10.4 Å². The molecule has 0 aromatic carbocycles. The van der Waals surface area contributed by atoms with E-state index < -0.39 is 23.2 Å². The highest BCUT2D eigenvalue weighted by molar-refractivity contribution is 6.03. The number of aromatic amines is 1. The van der Waals surface area contributed by atoms with Crippen LogP contribution in [0.15, 0.2) is 12.3 Å². The number of H-pyrrole nitrogens is 1. The van der Waals surface area contributed by atoms with Gasteiger partial charge in [0.1, 0.15) is 0 Å². The van der Waals surface area contributed by atoms with Crippen molar-refractivity contribution >= 4 is 11.9 Å². The second kappa shape index (κ2) is 4.73. The van der Waals surface area contributed by atoms with Crippen LogP contribution in [0.5, 0.6) is 6.01 Å². The van der Waals surface area contributed by atoms with Gasteiger partial charge in [0.25, 0.3) is 5.91 Å². The van der Waals surface area contributed by atoms with Gasteiger partial charge in [0.2, 0.25) is 11.9 Å². The van der Waals surface area contributed by atoms with E-state index in [0.717, 1.165) is 12.3 Å². The predicted octanol–water partition coefficient (Wildman–Crippen LogP) is 0.739. The molecule has 2 N–H and O–H groups in total. The van der Waals surface area contributed by atoms with Crippen LogP contribution in [0, 0.1) is 11.8 Å². The summed E-state index contributed by atoms with van der Waals surface area (Å²) in [6.07, 6.45) is 0.980. The molecule has 0 unspecified atom stereocenters. The lowest BCUT2D eigenvalue weighted by Crippen LogP contribution is -2.16. The van der Waals surface area contributed by atoms with Gasteiger partial charge in [-0.1, -0.05) is 0 Å². The van der Waals surface area contributed by atoms with Crippen LogP contribution in [0.4, 0.5) is 14.7 Å². The number of hydrogen-bond donors (Lipinski definition) is 2. The molecule has 0 fully saturated rings. The molecule has 0 radical (unpaired) electrons. The lowest BCUT2D eigenvalue weighted by atomic mass is 10.2. The van der Waals surface area contributed by atoms with E-state index in [1.54, 1.807) is 0 Å². The lowest BCUT2D eigenvalue weighted by Gasteiger charge is -2.02. The fraction of sp³-hybridized carbons (Fsp3) is 0.111. The third kappa shape index (κ3) is 2.24. The molecule has 0 spiro atoms. The van der Waals surface area contributed by atoms with Gasteiger partial charge >= 0.3 is 6.01 Å². The van der Waals surface area contributed by atoms with Crippen molar-refractivity contribution in [2.75, 3.05) is 12.4 Å². The number of hydrogen-bond acceptors (Lipinski definition) is 5. The molecule has 9 heteroatoms. The van der Waals surface area contributed by atoms with Crippen molar-refractivity contribution in [1.29, 1.82) is 0 Å². The second-order valence-electron chi connectivity index (χ2n) is 3.09. The van der Waals surface area contributed by atoms with Crippen molar-refractivity contribution in [3.05, 3.63) is 29.6 Å². The van der Waals surface area contributed by atoms with Gasteiger partial charge in [0.05, 0.1) is 12.7 Å². The maximum absolute atomic E-state index is 13.3. The van der Waals surface area contributed by atoms with E-state index in [9.17, 15) is 13.6 Å². The van der Waals surface area contributed by atoms with Crippen molar-refractivity contribution in [2.24, 2.45) is 0 Å². The van der Waals surface area contributed by atoms with Gasteiger partial charge in [0, 0.05) is 6.20 Å². The van der Waals surface area contributed by atoms with Gasteiger partial charge in [0.15, 0.2) is 5.82 Å². The topological polar surface area (TPSA) is 92.8 Å². The van der Waals surface area contributed by atoms with Crippen LogP contribution in [-0.2, 0) is 0 Å². The van der Waals surface area contributed by atoms with Crippen LogP contribution in [-0.4, -0.2) is 33.2 Å². The monoisotopic (exact) mass is 255 g/mol. The Balaban J connectivity index is 2.19. The van der Waals surface area contributed by atoms with Crippen LogP contribution in [0.3, 0.4) is 0 Å². The molecule has 0 saturated heterocycles. The standard InChI is InChI=1S/C9H7F2N5O2/c1-18-9-14-8(15-16-9)13-7(17)4-2-3-12-6(11)5(4)10/h2-3H,1H3,(H2,13,14,15,16,17). The summed E-state index contributed by atoms with van der Waals surface area (Å²) in [6.45, 7) is 0. The van der Waals surface area contributed by atoms with Gasteiger partial charge in [-0.25, -0.2) is 14.5 Å². The van der Waals surface area contributed by atoms with Crippen LogP contribution >= 0.6 is 0 Å². The summed E-state index contributed by atoms with van der Waals surface area (Å²) in [6, 6.07) is 1.05. The summed E-state index contributed by atoms with van der Waals surface area (Å²) < 4.78 is 30.7. The number of anilines is 1. The average molecular weight is 255 g/mol.